The molecular weight excluding hydrogens is 192 g/mol. The standard InChI is InChI=1S/C11H12N2O2/c1-7-5-8(3-2-4-10(14)15)6-9(12)11(7)13/h5-6H,4,12-13H2,1H3,(H,14,15). The highest BCUT2D eigenvalue weighted by Gasteiger charge is 2.00. The maximum Gasteiger partial charge on any atom is 0.315 e. The van der Waals surface area contributed by atoms with Crippen LogP contribution in [-0.2, 0) is 4.79 Å². The SMILES string of the molecule is Cc1cc(C#CCC(=O)O)cc(N)c1N. The van der Waals surface area contributed by atoms with E-state index in [9.17, 15) is 4.79 Å². The van der Waals surface area contributed by atoms with E-state index in [0.29, 0.717) is 16.9 Å². The first-order valence-electron chi connectivity index (χ1n) is 4.37. The Morgan fingerprint density at radius 3 is 2.67 bits per heavy atom. The Balaban J connectivity index is 2.95. The number of anilines is 2. The van der Waals surface area contributed by atoms with Crippen LogP contribution in [0.1, 0.15) is 17.5 Å². The van der Waals surface area contributed by atoms with Gasteiger partial charge in [0.2, 0.25) is 0 Å². The second-order valence-corrected chi connectivity index (χ2v) is 3.17. The van der Waals surface area contributed by atoms with E-state index in [-0.39, 0.29) is 6.42 Å². The van der Waals surface area contributed by atoms with Crippen LogP contribution in [-0.4, -0.2) is 11.1 Å². The Kier molecular flexibility index (Phi) is 3.19. The number of nitrogens with two attached hydrogens (primary N) is 2. The van der Waals surface area contributed by atoms with Gasteiger partial charge in [-0.2, -0.15) is 0 Å². The molecular formula is C11H12N2O2. The molecule has 0 aliphatic rings. The number of carbonyl (C=O) groups is 1. The van der Waals surface area contributed by atoms with Crippen LogP contribution in [0.4, 0.5) is 11.4 Å². The van der Waals surface area contributed by atoms with Gasteiger partial charge in [-0.3, -0.25) is 4.79 Å². The first-order chi connectivity index (χ1) is 7.00. The highest BCUT2D eigenvalue weighted by molar-refractivity contribution is 5.72. The fraction of sp³-hybridized carbons (Fsp3) is 0.182. The van der Waals surface area contributed by atoms with Crippen molar-refractivity contribution in [1.82, 2.24) is 0 Å². The molecule has 4 nitrogen and oxygen atoms in total. The molecule has 5 N–H and O–H groups in total. The van der Waals surface area contributed by atoms with Crippen molar-refractivity contribution in [2.24, 2.45) is 0 Å². The summed E-state index contributed by atoms with van der Waals surface area (Å²) in [7, 11) is 0. The van der Waals surface area contributed by atoms with Crippen molar-refractivity contribution in [3.05, 3.63) is 23.3 Å². The Hall–Kier alpha value is -2.15. The lowest BCUT2D eigenvalue weighted by Gasteiger charge is -2.04. The molecule has 0 amide bonds. The summed E-state index contributed by atoms with van der Waals surface area (Å²) < 4.78 is 0. The van der Waals surface area contributed by atoms with Crippen LogP contribution >= 0.6 is 0 Å². The molecule has 0 saturated heterocycles. The molecule has 1 rings (SSSR count). The van der Waals surface area contributed by atoms with E-state index >= 15 is 0 Å². The van der Waals surface area contributed by atoms with Gasteiger partial charge in [0.05, 0.1) is 11.4 Å². The molecule has 78 valence electrons. The molecule has 4 heteroatoms. The summed E-state index contributed by atoms with van der Waals surface area (Å²) >= 11 is 0. The van der Waals surface area contributed by atoms with Crippen LogP contribution < -0.4 is 11.5 Å². The molecule has 0 bridgehead atoms. The summed E-state index contributed by atoms with van der Waals surface area (Å²) in [6, 6.07) is 3.41. The zero-order chi connectivity index (χ0) is 11.4. The Bertz CT molecular complexity index is 432. The number of carboxylic acid groups (broad SMARTS) is 1. The molecule has 1 aromatic carbocycles. The van der Waals surface area contributed by atoms with Crippen molar-refractivity contribution in [1.29, 1.82) is 0 Å². The van der Waals surface area contributed by atoms with Crippen molar-refractivity contribution >= 4 is 17.3 Å². The smallest absolute Gasteiger partial charge is 0.315 e. The van der Waals surface area contributed by atoms with E-state index in [0.717, 1.165) is 5.56 Å². The summed E-state index contributed by atoms with van der Waals surface area (Å²) in [5, 5.41) is 8.40. The van der Waals surface area contributed by atoms with E-state index in [1.54, 1.807) is 12.1 Å². The zero-order valence-corrected chi connectivity index (χ0v) is 8.37. The van der Waals surface area contributed by atoms with Crippen molar-refractivity contribution < 1.29 is 9.90 Å². The maximum absolute atomic E-state index is 10.2. The van der Waals surface area contributed by atoms with Crippen molar-refractivity contribution in [2.75, 3.05) is 11.5 Å². The number of hydrogen-bond acceptors (Lipinski definition) is 3. The quantitative estimate of drug-likeness (QED) is 0.470. The summed E-state index contributed by atoms with van der Waals surface area (Å²) in [6.45, 7) is 1.83. The molecule has 0 aliphatic carbocycles. The Labute approximate surface area is 87.9 Å². The minimum Gasteiger partial charge on any atom is -0.481 e. The van der Waals surface area contributed by atoms with Gasteiger partial charge in [-0.1, -0.05) is 11.8 Å². The third-order valence-electron chi connectivity index (χ3n) is 1.89. The molecule has 0 saturated carbocycles. The van der Waals surface area contributed by atoms with E-state index in [1.165, 1.54) is 0 Å². The molecule has 0 spiro atoms. The van der Waals surface area contributed by atoms with Crippen LogP contribution in [0.3, 0.4) is 0 Å². The fourth-order valence-electron chi connectivity index (χ4n) is 1.12. The zero-order valence-electron chi connectivity index (χ0n) is 8.37. The molecule has 15 heavy (non-hydrogen) atoms. The molecule has 1 aromatic rings. The molecule has 0 heterocycles. The summed E-state index contributed by atoms with van der Waals surface area (Å²) in [6.07, 6.45) is -0.177. The fourth-order valence-corrected chi connectivity index (χ4v) is 1.12. The summed E-state index contributed by atoms with van der Waals surface area (Å²) in [5.41, 5.74) is 13.8. The van der Waals surface area contributed by atoms with Gasteiger partial charge in [0.1, 0.15) is 6.42 Å². The normalized spacial score (nSPS) is 9.13. The molecule has 0 radical (unpaired) electrons. The van der Waals surface area contributed by atoms with Crippen LogP contribution in [0, 0.1) is 18.8 Å². The predicted octanol–water partition coefficient (Wildman–Crippen LogP) is 0.986. The van der Waals surface area contributed by atoms with E-state index < -0.39 is 5.97 Å². The van der Waals surface area contributed by atoms with Gasteiger partial charge in [-0.15, -0.1) is 0 Å². The van der Waals surface area contributed by atoms with Gasteiger partial charge in [0.15, 0.2) is 0 Å². The van der Waals surface area contributed by atoms with Gasteiger partial charge in [-0.05, 0) is 24.6 Å². The van der Waals surface area contributed by atoms with Crippen LogP contribution in [0.15, 0.2) is 12.1 Å². The van der Waals surface area contributed by atoms with Crippen molar-refractivity contribution in [3.63, 3.8) is 0 Å². The highest BCUT2D eigenvalue weighted by atomic mass is 16.4. The highest BCUT2D eigenvalue weighted by Crippen LogP contribution is 2.20. The lowest BCUT2D eigenvalue weighted by Crippen LogP contribution is -1.98. The number of carboxylic acids is 1. The van der Waals surface area contributed by atoms with Crippen molar-refractivity contribution in [3.8, 4) is 11.8 Å². The Morgan fingerprint density at radius 2 is 2.13 bits per heavy atom. The largest absolute Gasteiger partial charge is 0.481 e. The van der Waals surface area contributed by atoms with Gasteiger partial charge >= 0.3 is 5.97 Å². The average Bonchev–Trinajstić information content (AvgIpc) is 2.13. The minimum absolute atomic E-state index is 0.177. The van der Waals surface area contributed by atoms with Gasteiger partial charge < -0.3 is 16.6 Å². The van der Waals surface area contributed by atoms with Crippen LogP contribution in [0.25, 0.3) is 0 Å². The number of aliphatic carboxylic acids is 1. The van der Waals surface area contributed by atoms with E-state index in [4.69, 9.17) is 16.6 Å². The summed E-state index contributed by atoms with van der Waals surface area (Å²) in [4.78, 5) is 10.2. The van der Waals surface area contributed by atoms with Gasteiger partial charge in [0.25, 0.3) is 0 Å². The third-order valence-corrected chi connectivity index (χ3v) is 1.89. The lowest BCUT2D eigenvalue weighted by molar-refractivity contribution is -0.135. The number of hydrogen-bond donors (Lipinski definition) is 3. The molecule has 0 fully saturated rings. The van der Waals surface area contributed by atoms with E-state index in [1.807, 2.05) is 6.92 Å². The number of aryl methyl sites for hydroxylation is 1. The van der Waals surface area contributed by atoms with Crippen LogP contribution in [0.5, 0.6) is 0 Å². The maximum atomic E-state index is 10.2. The Morgan fingerprint density at radius 1 is 1.47 bits per heavy atom. The number of benzene rings is 1. The first kappa shape index (κ1) is 10.9. The third kappa shape index (κ3) is 2.92. The second-order valence-electron chi connectivity index (χ2n) is 3.17. The minimum atomic E-state index is -0.942. The topological polar surface area (TPSA) is 89.3 Å². The molecule has 0 atom stereocenters. The molecule has 0 unspecified atom stereocenters. The predicted molar refractivity (Wildman–Crippen MR) is 59.1 cm³/mol. The number of nitrogen functional groups attached to an aromatic ring is 2. The van der Waals surface area contributed by atoms with E-state index in [2.05, 4.69) is 11.8 Å². The number of rotatable bonds is 1. The first-order valence-corrected chi connectivity index (χ1v) is 4.37. The second kappa shape index (κ2) is 4.38. The molecule has 0 aliphatic heterocycles. The average molecular weight is 204 g/mol. The van der Waals surface area contributed by atoms with Gasteiger partial charge in [-0.25, -0.2) is 0 Å². The monoisotopic (exact) mass is 204 g/mol. The summed E-state index contributed by atoms with van der Waals surface area (Å²) in [5.74, 6) is 4.31. The van der Waals surface area contributed by atoms with Crippen LogP contribution in [0.2, 0.25) is 0 Å². The van der Waals surface area contributed by atoms with Gasteiger partial charge in [0, 0.05) is 5.56 Å². The lowest BCUT2D eigenvalue weighted by atomic mass is 10.1. The van der Waals surface area contributed by atoms with Crippen molar-refractivity contribution in [2.45, 2.75) is 13.3 Å². The molecule has 0 aromatic heterocycles.